The topological polar surface area (TPSA) is 75.7 Å². The Morgan fingerprint density at radius 2 is 1.72 bits per heavy atom. The lowest BCUT2D eigenvalue weighted by Crippen LogP contribution is -2.28. The predicted octanol–water partition coefficient (Wildman–Crippen LogP) is 3.76. The van der Waals surface area contributed by atoms with E-state index in [-0.39, 0.29) is 29.2 Å². The molecule has 1 saturated heterocycles. The molecule has 1 fully saturated rings. The average Bonchev–Trinajstić information content (AvgIpc) is 3.09. The molecule has 1 aliphatic rings. The molecule has 3 rings (SSSR count). The zero-order valence-electron chi connectivity index (χ0n) is 17.2. The van der Waals surface area contributed by atoms with Crippen LogP contribution in [0.1, 0.15) is 43.1 Å². The van der Waals surface area contributed by atoms with E-state index in [9.17, 15) is 14.4 Å². The number of nitrogens with one attached hydrogen (secondary N) is 1. The summed E-state index contributed by atoms with van der Waals surface area (Å²) in [5.41, 5.74) is 2.66. The van der Waals surface area contributed by atoms with Crippen LogP contribution in [0.2, 0.25) is 0 Å². The van der Waals surface area contributed by atoms with Crippen LogP contribution in [0.15, 0.2) is 48.5 Å². The van der Waals surface area contributed by atoms with E-state index in [0.29, 0.717) is 12.2 Å². The van der Waals surface area contributed by atoms with Gasteiger partial charge in [-0.1, -0.05) is 45.0 Å². The third kappa shape index (κ3) is 4.47. The SMILES string of the molecule is COC(=O)c1ccccc1NC(=O)C1CC(=O)N(c2ccc(C(C)(C)C)cc2)C1. The van der Waals surface area contributed by atoms with Crippen LogP contribution in [-0.2, 0) is 19.7 Å². The molecule has 6 nitrogen and oxygen atoms in total. The van der Waals surface area contributed by atoms with Crippen molar-refractivity contribution in [1.82, 2.24) is 0 Å². The van der Waals surface area contributed by atoms with E-state index in [1.54, 1.807) is 29.2 Å². The lowest BCUT2D eigenvalue weighted by molar-refractivity contribution is -0.122. The summed E-state index contributed by atoms with van der Waals surface area (Å²) in [6.45, 7) is 6.71. The van der Waals surface area contributed by atoms with Gasteiger partial charge in [0, 0.05) is 18.7 Å². The molecule has 0 aromatic heterocycles. The highest BCUT2D eigenvalue weighted by Gasteiger charge is 2.35. The summed E-state index contributed by atoms with van der Waals surface area (Å²) in [6, 6.07) is 14.5. The zero-order chi connectivity index (χ0) is 21.2. The van der Waals surface area contributed by atoms with E-state index < -0.39 is 11.9 Å². The number of hydrogen-bond acceptors (Lipinski definition) is 4. The number of ether oxygens (including phenoxy) is 1. The Balaban J connectivity index is 1.72. The summed E-state index contributed by atoms with van der Waals surface area (Å²) in [7, 11) is 1.29. The number of para-hydroxylation sites is 1. The molecule has 1 heterocycles. The number of methoxy groups -OCH3 is 1. The number of carbonyl (C=O) groups is 3. The molecule has 152 valence electrons. The van der Waals surface area contributed by atoms with Crippen LogP contribution < -0.4 is 10.2 Å². The molecule has 0 bridgehead atoms. The normalized spacial score (nSPS) is 16.6. The third-order valence-electron chi connectivity index (χ3n) is 5.13. The first-order valence-corrected chi connectivity index (χ1v) is 9.60. The maximum atomic E-state index is 12.7. The highest BCUT2D eigenvalue weighted by Crippen LogP contribution is 2.29. The van der Waals surface area contributed by atoms with E-state index >= 15 is 0 Å². The molecule has 2 amide bonds. The van der Waals surface area contributed by atoms with Crippen molar-refractivity contribution in [3.8, 4) is 0 Å². The van der Waals surface area contributed by atoms with Crippen LogP contribution >= 0.6 is 0 Å². The molecular formula is C23H26N2O4. The standard InChI is InChI=1S/C23H26N2O4/c1-23(2,3)16-9-11-17(12-10-16)25-14-15(13-20(25)26)21(27)24-19-8-6-5-7-18(19)22(28)29-4/h5-12,15H,13-14H2,1-4H3,(H,24,27). The summed E-state index contributed by atoms with van der Waals surface area (Å²) in [5, 5.41) is 2.77. The van der Waals surface area contributed by atoms with Gasteiger partial charge in [0.1, 0.15) is 0 Å². The van der Waals surface area contributed by atoms with Gasteiger partial charge >= 0.3 is 5.97 Å². The number of anilines is 2. The second-order valence-electron chi connectivity index (χ2n) is 8.23. The Hall–Kier alpha value is -3.15. The molecule has 1 unspecified atom stereocenters. The first-order valence-electron chi connectivity index (χ1n) is 9.60. The number of benzene rings is 2. The molecule has 6 heteroatoms. The van der Waals surface area contributed by atoms with Gasteiger partial charge < -0.3 is 15.0 Å². The molecule has 1 N–H and O–H groups in total. The second kappa shape index (κ2) is 8.07. The lowest BCUT2D eigenvalue weighted by Gasteiger charge is -2.21. The Morgan fingerprint density at radius 1 is 1.07 bits per heavy atom. The van der Waals surface area contributed by atoms with Gasteiger partial charge in [-0.25, -0.2) is 4.79 Å². The Kier molecular flexibility index (Phi) is 5.73. The molecule has 0 saturated carbocycles. The van der Waals surface area contributed by atoms with Crippen molar-refractivity contribution in [2.75, 3.05) is 23.9 Å². The molecule has 2 aromatic carbocycles. The number of nitrogens with zero attached hydrogens (tertiary/aromatic N) is 1. The van der Waals surface area contributed by atoms with Crippen molar-refractivity contribution in [3.05, 3.63) is 59.7 Å². The first-order chi connectivity index (χ1) is 13.7. The van der Waals surface area contributed by atoms with Crippen LogP contribution in [0.4, 0.5) is 11.4 Å². The van der Waals surface area contributed by atoms with Gasteiger partial charge in [0.15, 0.2) is 0 Å². The summed E-state index contributed by atoms with van der Waals surface area (Å²) >= 11 is 0. The summed E-state index contributed by atoms with van der Waals surface area (Å²) in [5.74, 6) is -1.39. The molecular weight excluding hydrogens is 368 g/mol. The number of rotatable bonds is 4. The summed E-state index contributed by atoms with van der Waals surface area (Å²) < 4.78 is 4.76. The average molecular weight is 394 g/mol. The van der Waals surface area contributed by atoms with Gasteiger partial charge in [-0.2, -0.15) is 0 Å². The molecule has 0 radical (unpaired) electrons. The van der Waals surface area contributed by atoms with Crippen LogP contribution in [0, 0.1) is 5.92 Å². The number of esters is 1. The summed E-state index contributed by atoms with van der Waals surface area (Å²) in [6.07, 6.45) is 0.132. The fraction of sp³-hybridized carbons (Fsp3) is 0.348. The quantitative estimate of drug-likeness (QED) is 0.801. The molecule has 1 atom stereocenters. The fourth-order valence-corrected chi connectivity index (χ4v) is 3.39. The second-order valence-corrected chi connectivity index (χ2v) is 8.23. The molecule has 0 spiro atoms. The number of carbonyl (C=O) groups excluding carboxylic acids is 3. The van der Waals surface area contributed by atoms with Gasteiger partial charge in [-0.05, 0) is 35.2 Å². The Labute approximate surface area is 170 Å². The van der Waals surface area contributed by atoms with Crippen LogP contribution in [-0.4, -0.2) is 31.4 Å². The van der Waals surface area contributed by atoms with Gasteiger partial charge in [-0.15, -0.1) is 0 Å². The fourth-order valence-electron chi connectivity index (χ4n) is 3.39. The molecule has 2 aromatic rings. The molecule has 1 aliphatic heterocycles. The van der Waals surface area contributed by atoms with E-state index in [1.165, 1.54) is 12.7 Å². The first kappa shape index (κ1) is 20.6. The predicted molar refractivity (Wildman–Crippen MR) is 112 cm³/mol. The monoisotopic (exact) mass is 394 g/mol. The van der Waals surface area contributed by atoms with Gasteiger partial charge in [0.05, 0.1) is 24.3 Å². The Bertz CT molecular complexity index is 929. The van der Waals surface area contributed by atoms with Gasteiger partial charge in [0.2, 0.25) is 11.8 Å². The van der Waals surface area contributed by atoms with Crippen LogP contribution in [0.25, 0.3) is 0 Å². The largest absolute Gasteiger partial charge is 0.465 e. The Morgan fingerprint density at radius 3 is 2.34 bits per heavy atom. The minimum absolute atomic E-state index is 0.0308. The number of hydrogen-bond donors (Lipinski definition) is 1. The van der Waals surface area contributed by atoms with Crippen molar-refractivity contribution >= 4 is 29.2 Å². The molecule has 0 aliphatic carbocycles. The summed E-state index contributed by atoms with van der Waals surface area (Å²) in [4.78, 5) is 38.8. The number of amides is 2. The lowest BCUT2D eigenvalue weighted by atomic mass is 9.87. The maximum absolute atomic E-state index is 12.7. The van der Waals surface area contributed by atoms with E-state index in [0.717, 1.165) is 5.69 Å². The van der Waals surface area contributed by atoms with Crippen LogP contribution in [0.5, 0.6) is 0 Å². The van der Waals surface area contributed by atoms with Crippen molar-refractivity contribution < 1.29 is 19.1 Å². The van der Waals surface area contributed by atoms with Crippen molar-refractivity contribution in [1.29, 1.82) is 0 Å². The smallest absolute Gasteiger partial charge is 0.339 e. The highest BCUT2D eigenvalue weighted by atomic mass is 16.5. The van der Waals surface area contributed by atoms with Gasteiger partial charge in [-0.3, -0.25) is 9.59 Å². The third-order valence-corrected chi connectivity index (χ3v) is 5.13. The van der Waals surface area contributed by atoms with Crippen molar-refractivity contribution in [2.45, 2.75) is 32.6 Å². The maximum Gasteiger partial charge on any atom is 0.339 e. The van der Waals surface area contributed by atoms with Gasteiger partial charge in [0.25, 0.3) is 0 Å². The molecule has 29 heavy (non-hydrogen) atoms. The van der Waals surface area contributed by atoms with E-state index in [1.807, 2.05) is 24.3 Å². The van der Waals surface area contributed by atoms with Crippen molar-refractivity contribution in [2.24, 2.45) is 5.92 Å². The zero-order valence-corrected chi connectivity index (χ0v) is 17.2. The minimum atomic E-state index is -0.524. The van der Waals surface area contributed by atoms with Crippen molar-refractivity contribution in [3.63, 3.8) is 0 Å². The van der Waals surface area contributed by atoms with E-state index in [4.69, 9.17) is 4.74 Å². The minimum Gasteiger partial charge on any atom is -0.465 e. The highest BCUT2D eigenvalue weighted by molar-refractivity contribution is 6.06. The van der Waals surface area contributed by atoms with E-state index in [2.05, 4.69) is 26.1 Å². The van der Waals surface area contributed by atoms with Crippen LogP contribution in [0.3, 0.4) is 0 Å².